The molecule has 0 bridgehead atoms. The number of rotatable bonds is 10. The van der Waals surface area contributed by atoms with Crippen LogP contribution in [0.4, 0.5) is 4.79 Å². The van der Waals surface area contributed by atoms with E-state index in [9.17, 15) is 19.5 Å². The molecule has 2 aromatic rings. The molecular formula is C30H43N3O5. The number of nitrogens with one attached hydrogen (secondary N) is 2. The zero-order valence-electron chi connectivity index (χ0n) is 23.7. The lowest BCUT2D eigenvalue weighted by molar-refractivity contribution is -0.148. The molecule has 0 aliphatic heterocycles. The average Bonchev–Trinajstić information content (AvgIpc) is 2.81. The number of para-hydroxylation sites is 1. The van der Waals surface area contributed by atoms with Crippen molar-refractivity contribution in [3.8, 4) is 5.75 Å². The Morgan fingerprint density at radius 3 is 2.11 bits per heavy atom. The number of carbonyl (C=O) groups is 3. The molecule has 2 atom stereocenters. The Labute approximate surface area is 226 Å². The average molecular weight is 526 g/mol. The summed E-state index contributed by atoms with van der Waals surface area (Å²) in [4.78, 5) is 42.2. The summed E-state index contributed by atoms with van der Waals surface area (Å²) in [6.07, 6.45) is 1.13. The van der Waals surface area contributed by atoms with Crippen molar-refractivity contribution in [3.63, 3.8) is 0 Å². The van der Waals surface area contributed by atoms with Crippen LogP contribution in [0.25, 0.3) is 0 Å². The molecule has 2 aromatic carbocycles. The molecule has 0 spiro atoms. The highest BCUT2D eigenvalue weighted by Crippen LogP contribution is 2.34. The first-order valence-electron chi connectivity index (χ1n) is 13.2. The lowest BCUT2D eigenvalue weighted by Crippen LogP contribution is -2.59. The molecule has 0 aromatic heterocycles. The van der Waals surface area contributed by atoms with Gasteiger partial charge in [-0.1, -0.05) is 61.9 Å². The summed E-state index contributed by atoms with van der Waals surface area (Å²) >= 11 is 0. The Bertz CT molecular complexity index is 1070. The van der Waals surface area contributed by atoms with E-state index < -0.39 is 41.1 Å². The largest absolute Gasteiger partial charge is 0.508 e. The molecule has 38 heavy (non-hydrogen) atoms. The van der Waals surface area contributed by atoms with Crippen LogP contribution < -0.4 is 10.6 Å². The van der Waals surface area contributed by atoms with Crippen LogP contribution in [-0.4, -0.2) is 51.6 Å². The number of unbranched alkanes of at least 4 members (excludes halogenated alkanes) is 1. The van der Waals surface area contributed by atoms with Crippen LogP contribution in [0.2, 0.25) is 0 Å². The first-order chi connectivity index (χ1) is 17.7. The van der Waals surface area contributed by atoms with Crippen LogP contribution in [0.3, 0.4) is 0 Å². The van der Waals surface area contributed by atoms with Gasteiger partial charge in [0.05, 0.1) is 0 Å². The second-order valence-electron chi connectivity index (χ2n) is 11.4. The summed E-state index contributed by atoms with van der Waals surface area (Å²) in [5.41, 5.74) is -0.467. The van der Waals surface area contributed by atoms with Crippen molar-refractivity contribution in [2.75, 3.05) is 6.54 Å². The van der Waals surface area contributed by atoms with E-state index >= 15 is 0 Å². The van der Waals surface area contributed by atoms with Crippen molar-refractivity contribution >= 4 is 17.9 Å². The first kappa shape index (κ1) is 30.7. The minimum atomic E-state index is -1.13. The summed E-state index contributed by atoms with van der Waals surface area (Å²) in [6, 6.07) is 13.7. The van der Waals surface area contributed by atoms with Crippen LogP contribution >= 0.6 is 0 Å². The molecule has 0 fully saturated rings. The van der Waals surface area contributed by atoms with Gasteiger partial charge in [-0.05, 0) is 59.6 Å². The highest BCUT2D eigenvalue weighted by atomic mass is 16.6. The van der Waals surface area contributed by atoms with Crippen LogP contribution in [-0.2, 0) is 20.7 Å². The number of aromatic hydroxyl groups is 1. The van der Waals surface area contributed by atoms with Crippen LogP contribution in [0.5, 0.6) is 5.75 Å². The molecule has 0 aliphatic rings. The SMILES string of the molecule is CCCCNC(=O)C(c1ccccc1O)N(C(=O)C(Cc1ccccc1)NC(=O)OC(C)(C)C)C(C)(C)C. The number of hydrogen-bond acceptors (Lipinski definition) is 5. The summed E-state index contributed by atoms with van der Waals surface area (Å²) in [5.74, 6) is -0.963. The van der Waals surface area contributed by atoms with Gasteiger partial charge in [-0.2, -0.15) is 0 Å². The number of ether oxygens (including phenoxy) is 1. The molecule has 8 nitrogen and oxygen atoms in total. The molecule has 0 radical (unpaired) electrons. The third-order valence-corrected chi connectivity index (χ3v) is 5.80. The second kappa shape index (κ2) is 13.3. The van der Waals surface area contributed by atoms with Crippen LogP contribution in [0, 0.1) is 0 Å². The molecule has 2 unspecified atom stereocenters. The van der Waals surface area contributed by atoms with Gasteiger partial charge in [0.1, 0.15) is 23.4 Å². The molecule has 8 heteroatoms. The number of carbonyl (C=O) groups excluding carboxylic acids is 3. The van der Waals surface area contributed by atoms with E-state index in [-0.39, 0.29) is 12.2 Å². The molecule has 0 aliphatic carbocycles. The smallest absolute Gasteiger partial charge is 0.408 e. The van der Waals surface area contributed by atoms with Crippen LogP contribution in [0.15, 0.2) is 54.6 Å². The predicted molar refractivity (Wildman–Crippen MR) is 149 cm³/mol. The Balaban J connectivity index is 2.58. The summed E-state index contributed by atoms with van der Waals surface area (Å²) in [7, 11) is 0. The standard InChI is InChI=1S/C30H43N3O5/c1-8-9-19-31-26(35)25(22-17-13-14-18-24(22)34)33(29(2,3)4)27(36)23(20-21-15-11-10-12-16-21)32-28(37)38-30(5,6)7/h10-18,23,25,34H,8-9,19-20H2,1-7H3,(H,31,35)(H,32,37). The molecule has 2 rings (SSSR count). The maximum absolute atomic E-state index is 14.4. The Hall–Kier alpha value is -3.55. The molecule has 0 saturated carbocycles. The highest BCUT2D eigenvalue weighted by molar-refractivity contribution is 5.93. The maximum atomic E-state index is 14.4. The van der Waals surface area contributed by atoms with E-state index in [4.69, 9.17) is 4.74 Å². The van der Waals surface area contributed by atoms with Crippen molar-refractivity contribution in [2.24, 2.45) is 0 Å². The minimum Gasteiger partial charge on any atom is -0.508 e. The van der Waals surface area contributed by atoms with Gasteiger partial charge < -0.3 is 25.4 Å². The van der Waals surface area contributed by atoms with Gasteiger partial charge in [0, 0.05) is 24.1 Å². The fraction of sp³-hybridized carbons (Fsp3) is 0.500. The summed E-state index contributed by atoms with van der Waals surface area (Å²) in [5, 5.41) is 16.4. The Morgan fingerprint density at radius 2 is 1.55 bits per heavy atom. The Morgan fingerprint density at radius 1 is 0.947 bits per heavy atom. The number of nitrogens with zero attached hydrogens (tertiary/aromatic N) is 1. The van der Waals surface area contributed by atoms with Crippen molar-refractivity contribution in [2.45, 2.75) is 91.0 Å². The number of phenols is 1. The van der Waals surface area contributed by atoms with Crippen molar-refractivity contribution in [1.82, 2.24) is 15.5 Å². The van der Waals surface area contributed by atoms with Gasteiger partial charge in [-0.15, -0.1) is 0 Å². The van der Waals surface area contributed by atoms with Crippen molar-refractivity contribution < 1.29 is 24.2 Å². The molecule has 208 valence electrons. The molecule has 0 saturated heterocycles. The lowest BCUT2D eigenvalue weighted by Gasteiger charge is -2.43. The molecule has 0 heterocycles. The molecular weight excluding hydrogens is 482 g/mol. The monoisotopic (exact) mass is 525 g/mol. The van der Waals surface area contributed by atoms with E-state index in [2.05, 4.69) is 10.6 Å². The van der Waals surface area contributed by atoms with E-state index in [1.165, 1.54) is 11.0 Å². The Kier molecular flexibility index (Phi) is 10.7. The second-order valence-corrected chi connectivity index (χ2v) is 11.4. The highest BCUT2D eigenvalue weighted by Gasteiger charge is 2.42. The van der Waals surface area contributed by atoms with Gasteiger partial charge in [-0.3, -0.25) is 9.59 Å². The zero-order chi connectivity index (χ0) is 28.5. The van der Waals surface area contributed by atoms with Gasteiger partial charge in [0.25, 0.3) is 0 Å². The van der Waals surface area contributed by atoms with Gasteiger partial charge in [0.2, 0.25) is 11.8 Å². The third kappa shape index (κ3) is 9.08. The fourth-order valence-corrected chi connectivity index (χ4v) is 4.11. The number of hydrogen-bond donors (Lipinski definition) is 3. The summed E-state index contributed by atoms with van der Waals surface area (Å²) in [6.45, 7) is 13.2. The number of phenolic OH excluding ortho intramolecular Hbond substituents is 1. The quantitative estimate of drug-likeness (QED) is 0.374. The fourth-order valence-electron chi connectivity index (χ4n) is 4.11. The normalized spacial score (nSPS) is 13.2. The number of alkyl carbamates (subject to hydrolysis) is 1. The minimum absolute atomic E-state index is 0.0927. The van der Waals surface area contributed by atoms with Gasteiger partial charge in [-0.25, -0.2) is 4.79 Å². The first-order valence-corrected chi connectivity index (χ1v) is 13.2. The van der Waals surface area contributed by atoms with Crippen molar-refractivity contribution in [3.05, 3.63) is 65.7 Å². The molecule has 3 N–H and O–H groups in total. The van der Waals surface area contributed by atoms with E-state index in [0.717, 1.165) is 18.4 Å². The number of amides is 3. The number of benzene rings is 2. The maximum Gasteiger partial charge on any atom is 0.408 e. The topological polar surface area (TPSA) is 108 Å². The third-order valence-electron chi connectivity index (χ3n) is 5.80. The van der Waals surface area contributed by atoms with E-state index in [1.807, 2.05) is 58.0 Å². The van der Waals surface area contributed by atoms with Crippen LogP contribution in [0.1, 0.15) is 78.5 Å². The lowest BCUT2D eigenvalue weighted by atomic mass is 9.93. The summed E-state index contributed by atoms with van der Waals surface area (Å²) < 4.78 is 5.46. The molecule has 3 amide bonds. The zero-order valence-corrected chi connectivity index (χ0v) is 23.7. The van der Waals surface area contributed by atoms with E-state index in [1.54, 1.807) is 39.0 Å². The van der Waals surface area contributed by atoms with Gasteiger partial charge >= 0.3 is 6.09 Å². The van der Waals surface area contributed by atoms with Crippen molar-refractivity contribution in [1.29, 1.82) is 0 Å². The predicted octanol–water partition coefficient (Wildman–Crippen LogP) is 5.11. The van der Waals surface area contributed by atoms with Gasteiger partial charge in [0.15, 0.2) is 0 Å². The van der Waals surface area contributed by atoms with E-state index in [0.29, 0.717) is 12.1 Å².